The number of nitrogens with one attached hydrogen (secondary N) is 1. The summed E-state index contributed by atoms with van der Waals surface area (Å²) < 4.78 is 37.3. The molecule has 0 bridgehead atoms. The summed E-state index contributed by atoms with van der Waals surface area (Å²) in [4.78, 5) is 5.84. The highest BCUT2D eigenvalue weighted by molar-refractivity contribution is 7.09. The lowest BCUT2D eigenvalue weighted by molar-refractivity contribution is -0.140. The SMILES string of the molecule is CC(c1nc(C(F)(F)F)cs1)N1CCNCC1. The second kappa shape index (κ2) is 4.91. The van der Waals surface area contributed by atoms with Gasteiger partial charge in [-0.3, -0.25) is 4.90 Å². The zero-order chi connectivity index (χ0) is 12.5. The van der Waals surface area contributed by atoms with E-state index in [1.807, 2.05) is 6.92 Å². The largest absolute Gasteiger partial charge is 0.434 e. The van der Waals surface area contributed by atoms with Gasteiger partial charge in [0.05, 0.1) is 6.04 Å². The summed E-state index contributed by atoms with van der Waals surface area (Å²) in [6.45, 7) is 5.36. The Bertz CT molecular complexity index is 371. The molecule has 7 heteroatoms. The lowest BCUT2D eigenvalue weighted by Gasteiger charge is -2.31. The Morgan fingerprint density at radius 2 is 2.06 bits per heavy atom. The molecular formula is C10H14F3N3S. The Morgan fingerprint density at radius 3 is 2.59 bits per heavy atom. The number of thiazole rings is 1. The molecule has 0 radical (unpaired) electrons. The van der Waals surface area contributed by atoms with Crippen LogP contribution >= 0.6 is 11.3 Å². The van der Waals surface area contributed by atoms with Crippen molar-refractivity contribution < 1.29 is 13.2 Å². The van der Waals surface area contributed by atoms with E-state index in [-0.39, 0.29) is 6.04 Å². The van der Waals surface area contributed by atoms with Crippen molar-refractivity contribution in [3.8, 4) is 0 Å². The van der Waals surface area contributed by atoms with Gasteiger partial charge in [-0.1, -0.05) is 0 Å². The number of aromatic nitrogens is 1. The molecule has 1 N–H and O–H groups in total. The molecule has 0 amide bonds. The Kier molecular flexibility index (Phi) is 3.70. The molecule has 1 unspecified atom stereocenters. The first-order chi connectivity index (χ1) is 7.98. The zero-order valence-electron chi connectivity index (χ0n) is 9.42. The van der Waals surface area contributed by atoms with Crippen molar-refractivity contribution in [1.29, 1.82) is 0 Å². The maximum atomic E-state index is 12.4. The van der Waals surface area contributed by atoms with Gasteiger partial charge in [0, 0.05) is 31.6 Å². The predicted octanol–water partition coefficient (Wildman–Crippen LogP) is 2.13. The van der Waals surface area contributed by atoms with Crippen molar-refractivity contribution >= 4 is 11.3 Å². The van der Waals surface area contributed by atoms with Crippen LogP contribution < -0.4 is 5.32 Å². The van der Waals surface area contributed by atoms with Crippen molar-refractivity contribution in [2.45, 2.75) is 19.1 Å². The number of nitrogens with zero attached hydrogens (tertiary/aromatic N) is 2. The van der Waals surface area contributed by atoms with E-state index in [0.717, 1.165) is 42.9 Å². The molecule has 0 aromatic carbocycles. The molecule has 3 nitrogen and oxygen atoms in total. The first-order valence-corrected chi connectivity index (χ1v) is 6.34. The molecule has 1 saturated heterocycles. The van der Waals surface area contributed by atoms with Crippen molar-refractivity contribution in [1.82, 2.24) is 15.2 Å². The van der Waals surface area contributed by atoms with Crippen LogP contribution in [-0.4, -0.2) is 36.1 Å². The fourth-order valence-corrected chi connectivity index (χ4v) is 2.75. The number of hydrogen-bond acceptors (Lipinski definition) is 4. The van der Waals surface area contributed by atoms with Crippen LogP contribution in [0.3, 0.4) is 0 Å². The van der Waals surface area contributed by atoms with Crippen LogP contribution in [-0.2, 0) is 6.18 Å². The van der Waals surface area contributed by atoms with Crippen LogP contribution in [0.4, 0.5) is 13.2 Å². The summed E-state index contributed by atoms with van der Waals surface area (Å²) in [6.07, 6.45) is -4.34. The van der Waals surface area contributed by atoms with E-state index in [1.165, 1.54) is 0 Å². The quantitative estimate of drug-likeness (QED) is 0.888. The molecule has 2 rings (SSSR count). The molecule has 1 aliphatic heterocycles. The third-order valence-electron chi connectivity index (χ3n) is 2.87. The van der Waals surface area contributed by atoms with E-state index in [2.05, 4.69) is 15.2 Å². The van der Waals surface area contributed by atoms with Crippen molar-refractivity contribution in [3.63, 3.8) is 0 Å². The average molecular weight is 265 g/mol. The van der Waals surface area contributed by atoms with Gasteiger partial charge in [-0.05, 0) is 6.92 Å². The summed E-state index contributed by atoms with van der Waals surface area (Å²) >= 11 is 1.08. The molecule has 2 heterocycles. The van der Waals surface area contributed by atoms with E-state index in [1.54, 1.807) is 0 Å². The van der Waals surface area contributed by atoms with Crippen molar-refractivity contribution in [3.05, 3.63) is 16.1 Å². The number of alkyl halides is 3. The van der Waals surface area contributed by atoms with E-state index in [4.69, 9.17) is 0 Å². The van der Waals surface area contributed by atoms with E-state index in [0.29, 0.717) is 5.01 Å². The van der Waals surface area contributed by atoms with Gasteiger partial charge < -0.3 is 5.32 Å². The Balaban J connectivity index is 2.08. The highest BCUT2D eigenvalue weighted by atomic mass is 32.1. The van der Waals surface area contributed by atoms with Gasteiger partial charge in [-0.2, -0.15) is 13.2 Å². The standard InChI is InChI=1S/C10H14F3N3S/c1-7(16-4-2-14-3-5-16)9-15-8(6-17-9)10(11,12)13/h6-7,14H,2-5H2,1H3. The second-order valence-electron chi connectivity index (χ2n) is 4.03. The predicted molar refractivity (Wildman–Crippen MR) is 60.0 cm³/mol. The smallest absolute Gasteiger partial charge is 0.314 e. The maximum absolute atomic E-state index is 12.4. The third-order valence-corrected chi connectivity index (χ3v) is 3.88. The first-order valence-electron chi connectivity index (χ1n) is 5.46. The van der Waals surface area contributed by atoms with Crippen LogP contribution in [0.1, 0.15) is 23.7 Å². The normalized spacial score (nSPS) is 20.5. The zero-order valence-corrected chi connectivity index (χ0v) is 10.2. The van der Waals surface area contributed by atoms with Crippen LogP contribution in [0.25, 0.3) is 0 Å². The molecule has 1 aromatic heterocycles. The molecule has 1 fully saturated rings. The minimum absolute atomic E-state index is 0.0433. The van der Waals surface area contributed by atoms with Gasteiger partial charge in [0.15, 0.2) is 5.69 Å². The fourth-order valence-electron chi connectivity index (χ4n) is 1.84. The molecule has 96 valence electrons. The summed E-state index contributed by atoms with van der Waals surface area (Å²) in [5, 5.41) is 4.84. The second-order valence-corrected chi connectivity index (χ2v) is 4.92. The first kappa shape index (κ1) is 12.8. The topological polar surface area (TPSA) is 28.2 Å². The lowest BCUT2D eigenvalue weighted by atomic mass is 10.2. The minimum Gasteiger partial charge on any atom is -0.314 e. The van der Waals surface area contributed by atoms with Gasteiger partial charge in [0.25, 0.3) is 0 Å². The Morgan fingerprint density at radius 1 is 1.41 bits per heavy atom. The van der Waals surface area contributed by atoms with Gasteiger partial charge in [0.1, 0.15) is 5.01 Å². The maximum Gasteiger partial charge on any atom is 0.434 e. The molecule has 0 spiro atoms. The molecule has 1 aromatic rings. The highest BCUT2D eigenvalue weighted by Crippen LogP contribution is 2.32. The van der Waals surface area contributed by atoms with Crippen LogP contribution in [0.2, 0.25) is 0 Å². The minimum atomic E-state index is -4.34. The monoisotopic (exact) mass is 265 g/mol. The van der Waals surface area contributed by atoms with E-state index >= 15 is 0 Å². The summed E-state index contributed by atoms with van der Waals surface area (Å²) in [6, 6.07) is -0.0433. The molecule has 17 heavy (non-hydrogen) atoms. The van der Waals surface area contributed by atoms with Gasteiger partial charge in [-0.15, -0.1) is 11.3 Å². The van der Waals surface area contributed by atoms with Gasteiger partial charge >= 0.3 is 6.18 Å². The molecule has 1 atom stereocenters. The lowest BCUT2D eigenvalue weighted by Crippen LogP contribution is -2.44. The van der Waals surface area contributed by atoms with Crippen LogP contribution in [0.5, 0.6) is 0 Å². The number of piperazine rings is 1. The van der Waals surface area contributed by atoms with Crippen molar-refractivity contribution in [2.75, 3.05) is 26.2 Å². The van der Waals surface area contributed by atoms with E-state index < -0.39 is 11.9 Å². The number of halogens is 3. The van der Waals surface area contributed by atoms with Crippen LogP contribution in [0, 0.1) is 0 Å². The third kappa shape index (κ3) is 2.97. The summed E-state index contributed by atoms with van der Waals surface area (Å²) in [5.41, 5.74) is -0.778. The average Bonchev–Trinajstić information content (AvgIpc) is 2.78. The highest BCUT2D eigenvalue weighted by Gasteiger charge is 2.34. The number of hydrogen-bond donors (Lipinski definition) is 1. The van der Waals surface area contributed by atoms with E-state index in [9.17, 15) is 13.2 Å². The summed E-state index contributed by atoms with van der Waals surface area (Å²) in [5.74, 6) is 0. The van der Waals surface area contributed by atoms with Crippen molar-refractivity contribution in [2.24, 2.45) is 0 Å². The number of rotatable bonds is 2. The van der Waals surface area contributed by atoms with Crippen LogP contribution in [0.15, 0.2) is 5.38 Å². The fraction of sp³-hybridized carbons (Fsp3) is 0.700. The summed E-state index contributed by atoms with van der Waals surface area (Å²) in [7, 11) is 0. The molecule has 0 aliphatic carbocycles. The van der Waals surface area contributed by atoms with Gasteiger partial charge in [-0.25, -0.2) is 4.98 Å². The Hall–Kier alpha value is -0.660. The Labute approximate surface area is 102 Å². The molecule has 1 aliphatic rings. The van der Waals surface area contributed by atoms with Gasteiger partial charge in [0.2, 0.25) is 0 Å². The molecule has 0 saturated carbocycles. The molecular weight excluding hydrogens is 251 g/mol.